The molecule has 0 saturated carbocycles. The van der Waals surface area contributed by atoms with Gasteiger partial charge in [0.1, 0.15) is 0 Å². The molecular formula is C21H27N3O3. The van der Waals surface area contributed by atoms with Crippen LogP contribution in [0.25, 0.3) is 0 Å². The van der Waals surface area contributed by atoms with Crippen LogP contribution in [0.4, 0.5) is 5.69 Å². The molecule has 0 aliphatic heterocycles. The molecule has 2 aromatic carbocycles. The number of ether oxygens (including phenoxy) is 1. The number of hydrogen-bond donors (Lipinski definition) is 3. The molecule has 4 N–H and O–H groups in total. The average Bonchev–Trinajstić information content (AvgIpc) is 2.68. The number of nitrogens with one attached hydrogen (secondary N) is 2. The monoisotopic (exact) mass is 369 g/mol. The van der Waals surface area contributed by atoms with E-state index >= 15 is 0 Å². The van der Waals surface area contributed by atoms with Crippen LogP contribution in [-0.4, -0.2) is 31.6 Å². The van der Waals surface area contributed by atoms with Crippen LogP contribution in [0.1, 0.15) is 41.7 Å². The van der Waals surface area contributed by atoms with Gasteiger partial charge < -0.3 is 21.1 Å². The van der Waals surface area contributed by atoms with Crippen molar-refractivity contribution < 1.29 is 14.3 Å². The lowest BCUT2D eigenvalue weighted by atomic mass is 10.0. The van der Waals surface area contributed by atoms with Gasteiger partial charge in [0, 0.05) is 43.5 Å². The SMILES string of the molecule is CCOCCCNC(=O)c1cccc(NC(=O)CC(N)c2ccccc2)c1. The standard InChI is InChI=1S/C21H27N3O3/c1-2-27-13-7-12-23-21(26)17-10-6-11-18(14-17)24-20(25)15-19(22)16-8-4-3-5-9-16/h3-6,8-11,14,19H,2,7,12-13,15,22H2,1H3,(H,23,26)(H,24,25). The van der Waals surface area contributed by atoms with Crippen LogP contribution in [0.15, 0.2) is 54.6 Å². The molecule has 2 rings (SSSR count). The lowest BCUT2D eigenvalue weighted by molar-refractivity contribution is -0.116. The highest BCUT2D eigenvalue weighted by Crippen LogP contribution is 2.16. The minimum absolute atomic E-state index is 0.165. The average molecular weight is 369 g/mol. The molecule has 6 nitrogen and oxygen atoms in total. The summed E-state index contributed by atoms with van der Waals surface area (Å²) < 4.78 is 5.24. The molecule has 2 amide bonds. The first-order valence-corrected chi connectivity index (χ1v) is 9.16. The van der Waals surface area contributed by atoms with Crippen molar-refractivity contribution in [3.63, 3.8) is 0 Å². The lowest BCUT2D eigenvalue weighted by Gasteiger charge is -2.13. The number of carbonyl (C=O) groups is 2. The van der Waals surface area contributed by atoms with Gasteiger partial charge in [0.05, 0.1) is 0 Å². The predicted octanol–water partition coefficient (Wildman–Crippen LogP) is 2.87. The van der Waals surface area contributed by atoms with Crippen LogP contribution in [0.3, 0.4) is 0 Å². The Labute approximate surface area is 160 Å². The fourth-order valence-electron chi connectivity index (χ4n) is 2.59. The number of nitrogens with two attached hydrogens (primary N) is 1. The van der Waals surface area contributed by atoms with Crippen molar-refractivity contribution in [1.29, 1.82) is 0 Å². The van der Waals surface area contributed by atoms with E-state index in [1.807, 2.05) is 37.3 Å². The largest absolute Gasteiger partial charge is 0.382 e. The summed E-state index contributed by atoms with van der Waals surface area (Å²) >= 11 is 0. The summed E-state index contributed by atoms with van der Waals surface area (Å²) in [5, 5.41) is 5.64. The molecule has 0 aliphatic rings. The first kappa shape index (κ1) is 20.6. The van der Waals surface area contributed by atoms with Crippen molar-refractivity contribution in [2.45, 2.75) is 25.8 Å². The molecule has 0 saturated heterocycles. The second kappa shape index (κ2) is 11.1. The predicted molar refractivity (Wildman–Crippen MR) is 107 cm³/mol. The number of rotatable bonds is 10. The molecule has 0 bridgehead atoms. The highest BCUT2D eigenvalue weighted by atomic mass is 16.5. The van der Waals surface area contributed by atoms with E-state index in [-0.39, 0.29) is 24.3 Å². The van der Waals surface area contributed by atoms with E-state index in [1.54, 1.807) is 24.3 Å². The van der Waals surface area contributed by atoms with Gasteiger partial charge in [-0.2, -0.15) is 0 Å². The van der Waals surface area contributed by atoms with Crippen molar-refractivity contribution >= 4 is 17.5 Å². The third kappa shape index (κ3) is 7.21. The number of anilines is 1. The van der Waals surface area contributed by atoms with E-state index in [0.717, 1.165) is 12.0 Å². The first-order valence-electron chi connectivity index (χ1n) is 9.16. The molecule has 144 valence electrons. The van der Waals surface area contributed by atoms with Crippen molar-refractivity contribution in [3.8, 4) is 0 Å². The molecule has 0 radical (unpaired) electrons. The number of benzene rings is 2. The van der Waals surface area contributed by atoms with Crippen LogP contribution in [0.5, 0.6) is 0 Å². The summed E-state index contributed by atoms with van der Waals surface area (Å²) in [5.74, 6) is -0.371. The van der Waals surface area contributed by atoms with Crippen molar-refractivity contribution in [1.82, 2.24) is 5.32 Å². The van der Waals surface area contributed by atoms with Crippen molar-refractivity contribution in [2.75, 3.05) is 25.1 Å². The van der Waals surface area contributed by atoms with Gasteiger partial charge in [-0.1, -0.05) is 36.4 Å². The van der Waals surface area contributed by atoms with Crippen LogP contribution in [0.2, 0.25) is 0 Å². The van der Waals surface area contributed by atoms with E-state index in [0.29, 0.717) is 31.0 Å². The van der Waals surface area contributed by atoms with E-state index in [2.05, 4.69) is 10.6 Å². The van der Waals surface area contributed by atoms with Gasteiger partial charge >= 0.3 is 0 Å². The summed E-state index contributed by atoms with van der Waals surface area (Å²) in [7, 11) is 0. The molecule has 27 heavy (non-hydrogen) atoms. The highest BCUT2D eigenvalue weighted by Gasteiger charge is 2.12. The highest BCUT2D eigenvalue weighted by molar-refractivity contribution is 5.97. The molecule has 1 unspecified atom stereocenters. The Balaban J connectivity index is 1.85. The molecule has 0 aliphatic carbocycles. The zero-order valence-corrected chi connectivity index (χ0v) is 15.6. The molecule has 6 heteroatoms. The van der Waals surface area contributed by atoms with Crippen LogP contribution in [-0.2, 0) is 9.53 Å². The molecule has 0 heterocycles. The smallest absolute Gasteiger partial charge is 0.251 e. The zero-order valence-electron chi connectivity index (χ0n) is 15.6. The summed E-state index contributed by atoms with van der Waals surface area (Å²) in [6, 6.07) is 16.0. The Morgan fingerprint density at radius 2 is 1.89 bits per heavy atom. The maximum Gasteiger partial charge on any atom is 0.251 e. The van der Waals surface area contributed by atoms with Gasteiger partial charge in [0.2, 0.25) is 5.91 Å². The zero-order chi connectivity index (χ0) is 19.5. The van der Waals surface area contributed by atoms with Crippen LogP contribution in [0, 0.1) is 0 Å². The van der Waals surface area contributed by atoms with E-state index in [9.17, 15) is 9.59 Å². The topological polar surface area (TPSA) is 93.5 Å². The van der Waals surface area contributed by atoms with Gasteiger partial charge in [0.25, 0.3) is 5.91 Å². The maximum atomic E-state index is 12.2. The van der Waals surface area contributed by atoms with Gasteiger partial charge in [-0.25, -0.2) is 0 Å². The third-order valence-corrected chi connectivity index (χ3v) is 4.00. The summed E-state index contributed by atoms with van der Waals surface area (Å²) in [6.07, 6.45) is 0.922. The Morgan fingerprint density at radius 3 is 2.63 bits per heavy atom. The van der Waals surface area contributed by atoms with E-state index in [4.69, 9.17) is 10.5 Å². The molecule has 0 spiro atoms. The summed E-state index contributed by atoms with van der Waals surface area (Å²) in [6.45, 7) is 3.77. The minimum Gasteiger partial charge on any atom is -0.382 e. The van der Waals surface area contributed by atoms with Gasteiger partial charge in [-0.05, 0) is 37.1 Å². The Morgan fingerprint density at radius 1 is 1.11 bits per heavy atom. The molecule has 1 atom stereocenters. The Hall–Kier alpha value is -2.70. The molecule has 0 fully saturated rings. The van der Waals surface area contributed by atoms with E-state index in [1.165, 1.54) is 0 Å². The van der Waals surface area contributed by atoms with Crippen molar-refractivity contribution in [3.05, 3.63) is 65.7 Å². The molecule has 0 aromatic heterocycles. The molecular weight excluding hydrogens is 342 g/mol. The summed E-state index contributed by atoms with van der Waals surface area (Å²) in [5.41, 5.74) is 8.06. The molecule has 2 aromatic rings. The second-order valence-electron chi connectivity index (χ2n) is 6.16. The second-order valence-corrected chi connectivity index (χ2v) is 6.16. The van der Waals surface area contributed by atoms with E-state index < -0.39 is 0 Å². The van der Waals surface area contributed by atoms with Gasteiger partial charge in [0.15, 0.2) is 0 Å². The number of carbonyl (C=O) groups excluding carboxylic acids is 2. The minimum atomic E-state index is -0.372. The van der Waals surface area contributed by atoms with Gasteiger partial charge in [-0.3, -0.25) is 9.59 Å². The number of hydrogen-bond acceptors (Lipinski definition) is 4. The fraction of sp³-hybridized carbons (Fsp3) is 0.333. The quantitative estimate of drug-likeness (QED) is 0.561. The first-order chi connectivity index (χ1) is 13.1. The van der Waals surface area contributed by atoms with Crippen LogP contribution >= 0.6 is 0 Å². The van der Waals surface area contributed by atoms with Gasteiger partial charge in [-0.15, -0.1) is 0 Å². The summed E-state index contributed by atoms with van der Waals surface area (Å²) in [4.78, 5) is 24.4. The normalized spacial score (nSPS) is 11.6. The number of amides is 2. The van der Waals surface area contributed by atoms with Crippen LogP contribution < -0.4 is 16.4 Å². The maximum absolute atomic E-state index is 12.2. The Kier molecular flexibility index (Phi) is 8.48. The lowest BCUT2D eigenvalue weighted by Crippen LogP contribution is -2.25. The third-order valence-electron chi connectivity index (χ3n) is 4.00. The van der Waals surface area contributed by atoms with Crippen molar-refractivity contribution in [2.24, 2.45) is 5.73 Å². The Bertz CT molecular complexity index is 734. The fourth-order valence-corrected chi connectivity index (χ4v) is 2.59.